The van der Waals surface area contributed by atoms with Crippen molar-refractivity contribution in [3.05, 3.63) is 53.6 Å². The van der Waals surface area contributed by atoms with Gasteiger partial charge in [0.1, 0.15) is 11.4 Å². The Morgan fingerprint density at radius 3 is 2.71 bits per heavy atom. The molecule has 0 bridgehead atoms. The Morgan fingerprint density at radius 1 is 1.19 bits per heavy atom. The number of anilines is 2. The number of nitrogens with zero attached hydrogens (tertiary/aromatic N) is 1. The number of rotatable bonds is 2. The fraction of sp³-hybridized carbons (Fsp3) is 0. The highest BCUT2D eigenvalue weighted by molar-refractivity contribution is 7.22. The number of carbonyl (C=O) groups excluding carboxylic acids is 1. The summed E-state index contributed by atoms with van der Waals surface area (Å²) in [6.45, 7) is 0. The van der Waals surface area contributed by atoms with E-state index in [1.807, 2.05) is 18.2 Å². The van der Waals surface area contributed by atoms with E-state index in [-0.39, 0.29) is 10.8 Å². The van der Waals surface area contributed by atoms with E-state index >= 15 is 0 Å². The number of amides is 1. The Morgan fingerprint density at radius 2 is 1.95 bits per heavy atom. The number of hydrogen-bond acceptors (Lipinski definition) is 4. The second kappa shape index (κ2) is 5.10. The number of nitrogens with one attached hydrogen (secondary N) is 1. The molecule has 0 fully saturated rings. The van der Waals surface area contributed by atoms with Crippen LogP contribution >= 0.6 is 11.3 Å². The summed E-state index contributed by atoms with van der Waals surface area (Å²) in [4.78, 5) is 16.2. The van der Waals surface area contributed by atoms with Gasteiger partial charge in [0.15, 0.2) is 10.9 Å². The Hall–Kier alpha value is -2.54. The molecule has 4 nitrogen and oxygen atoms in total. The number of nitrogens with two attached hydrogens (primary N) is 1. The molecule has 0 spiro atoms. The number of fused-ring (bicyclic) bond motifs is 1. The molecule has 0 atom stereocenters. The molecule has 7 heteroatoms. The molecular formula is C14H9F2N3OS. The van der Waals surface area contributed by atoms with Gasteiger partial charge in [-0.1, -0.05) is 23.5 Å². The summed E-state index contributed by atoms with van der Waals surface area (Å²) in [7, 11) is 0. The molecule has 106 valence electrons. The number of nitrogen functional groups attached to an aromatic ring is 1. The number of halogens is 2. The minimum absolute atomic E-state index is 0.266. The maximum atomic E-state index is 13.8. The fourth-order valence-corrected chi connectivity index (χ4v) is 2.72. The fourth-order valence-electron chi connectivity index (χ4n) is 1.86. The van der Waals surface area contributed by atoms with E-state index in [9.17, 15) is 13.6 Å². The minimum atomic E-state index is -1.08. The molecule has 1 heterocycles. The van der Waals surface area contributed by atoms with Gasteiger partial charge in [-0.25, -0.2) is 13.8 Å². The van der Waals surface area contributed by atoms with Crippen LogP contribution in [0.3, 0.4) is 0 Å². The number of carbonyl (C=O) groups is 1. The first kappa shape index (κ1) is 13.4. The lowest BCUT2D eigenvalue weighted by atomic mass is 10.1. The van der Waals surface area contributed by atoms with E-state index in [1.165, 1.54) is 11.3 Å². The molecular weight excluding hydrogens is 296 g/mol. The van der Waals surface area contributed by atoms with Crippen molar-refractivity contribution in [2.45, 2.75) is 0 Å². The van der Waals surface area contributed by atoms with Crippen LogP contribution in [0.25, 0.3) is 10.2 Å². The molecule has 0 saturated carbocycles. The highest BCUT2D eigenvalue weighted by Crippen LogP contribution is 2.26. The summed E-state index contributed by atoms with van der Waals surface area (Å²) in [6.07, 6.45) is 0. The van der Waals surface area contributed by atoms with Gasteiger partial charge in [-0.3, -0.25) is 10.1 Å². The molecule has 1 amide bonds. The number of thiazole rings is 1. The lowest BCUT2D eigenvalue weighted by Crippen LogP contribution is -2.16. The number of hydrogen-bond donors (Lipinski definition) is 2. The predicted molar refractivity (Wildman–Crippen MR) is 78.3 cm³/mol. The van der Waals surface area contributed by atoms with Crippen molar-refractivity contribution >= 4 is 38.3 Å². The highest BCUT2D eigenvalue weighted by atomic mass is 32.1. The van der Waals surface area contributed by atoms with Gasteiger partial charge in [0, 0.05) is 0 Å². The molecule has 1 aromatic heterocycles. The monoisotopic (exact) mass is 305 g/mol. The first-order chi connectivity index (χ1) is 10.1. The third-order valence-corrected chi connectivity index (χ3v) is 3.81. The van der Waals surface area contributed by atoms with Crippen molar-refractivity contribution in [2.75, 3.05) is 11.1 Å². The second-order valence-electron chi connectivity index (χ2n) is 4.27. The zero-order valence-electron chi connectivity index (χ0n) is 10.6. The molecule has 21 heavy (non-hydrogen) atoms. The number of para-hydroxylation sites is 1. The van der Waals surface area contributed by atoms with Crippen molar-refractivity contribution in [1.29, 1.82) is 0 Å². The maximum absolute atomic E-state index is 13.8. The summed E-state index contributed by atoms with van der Waals surface area (Å²) >= 11 is 1.22. The highest BCUT2D eigenvalue weighted by Gasteiger charge is 2.20. The summed E-state index contributed by atoms with van der Waals surface area (Å²) in [6, 6.07) is 9.28. The second-order valence-corrected chi connectivity index (χ2v) is 5.30. The summed E-state index contributed by atoms with van der Waals surface area (Å²) in [5.74, 6) is -2.97. The van der Waals surface area contributed by atoms with Crippen LogP contribution in [-0.2, 0) is 0 Å². The van der Waals surface area contributed by atoms with Gasteiger partial charge < -0.3 is 5.73 Å². The van der Waals surface area contributed by atoms with E-state index in [2.05, 4.69) is 10.3 Å². The van der Waals surface area contributed by atoms with Crippen LogP contribution in [0.5, 0.6) is 0 Å². The van der Waals surface area contributed by atoms with Crippen molar-refractivity contribution in [3.63, 3.8) is 0 Å². The largest absolute Gasteiger partial charge is 0.396 e. The van der Waals surface area contributed by atoms with Crippen molar-refractivity contribution in [2.24, 2.45) is 0 Å². The lowest BCUT2D eigenvalue weighted by Gasteiger charge is -2.06. The summed E-state index contributed by atoms with van der Waals surface area (Å²) < 4.78 is 28.3. The molecule has 2 aromatic carbocycles. The molecule has 3 N–H and O–H groups in total. The van der Waals surface area contributed by atoms with Crippen LogP contribution in [0.1, 0.15) is 10.4 Å². The molecule has 0 saturated heterocycles. The molecule has 3 rings (SSSR count). The molecule has 0 unspecified atom stereocenters. The average Bonchev–Trinajstić information content (AvgIpc) is 2.85. The smallest absolute Gasteiger partial charge is 0.263 e. The first-order valence-electron chi connectivity index (χ1n) is 5.96. The maximum Gasteiger partial charge on any atom is 0.263 e. The van der Waals surface area contributed by atoms with Crippen molar-refractivity contribution < 1.29 is 13.6 Å². The van der Waals surface area contributed by atoms with Crippen LogP contribution in [-0.4, -0.2) is 10.9 Å². The van der Waals surface area contributed by atoms with E-state index in [4.69, 9.17) is 5.73 Å². The van der Waals surface area contributed by atoms with Gasteiger partial charge in [-0.2, -0.15) is 0 Å². The molecule has 0 aliphatic carbocycles. The lowest BCUT2D eigenvalue weighted by molar-refractivity contribution is 0.101. The van der Waals surface area contributed by atoms with Gasteiger partial charge in [0.05, 0.1) is 15.9 Å². The van der Waals surface area contributed by atoms with Crippen LogP contribution in [0.2, 0.25) is 0 Å². The zero-order valence-corrected chi connectivity index (χ0v) is 11.4. The zero-order chi connectivity index (χ0) is 15.0. The van der Waals surface area contributed by atoms with E-state index in [0.29, 0.717) is 5.52 Å². The average molecular weight is 305 g/mol. The van der Waals surface area contributed by atoms with Gasteiger partial charge in [-0.15, -0.1) is 0 Å². The van der Waals surface area contributed by atoms with E-state index in [1.54, 1.807) is 6.07 Å². The topological polar surface area (TPSA) is 68.0 Å². The van der Waals surface area contributed by atoms with Crippen molar-refractivity contribution in [1.82, 2.24) is 4.98 Å². The van der Waals surface area contributed by atoms with Crippen LogP contribution in [0.15, 0.2) is 36.4 Å². The Bertz CT molecular complexity index is 814. The van der Waals surface area contributed by atoms with Gasteiger partial charge in [0.25, 0.3) is 5.91 Å². The molecule has 0 aliphatic heterocycles. The van der Waals surface area contributed by atoms with E-state index in [0.717, 1.165) is 16.8 Å². The molecule has 3 aromatic rings. The van der Waals surface area contributed by atoms with Crippen LogP contribution in [0.4, 0.5) is 19.6 Å². The molecule has 0 aliphatic rings. The Labute approximate surface area is 122 Å². The summed E-state index contributed by atoms with van der Waals surface area (Å²) in [5, 5.41) is 2.66. The normalized spacial score (nSPS) is 10.8. The minimum Gasteiger partial charge on any atom is -0.396 e. The van der Waals surface area contributed by atoms with Gasteiger partial charge in [0.2, 0.25) is 0 Å². The third kappa shape index (κ3) is 2.43. The predicted octanol–water partition coefficient (Wildman–Crippen LogP) is 3.41. The number of aromatic nitrogens is 1. The van der Waals surface area contributed by atoms with E-state index < -0.39 is 23.1 Å². The quantitative estimate of drug-likeness (QED) is 0.713. The molecule has 0 radical (unpaired) electrons. The Kier molecular flexibility index (Phi) is 3.26. The number of benzene rings is 2. The third-order valence-electron chi connectivity index (χ3n) is 2.86. The van der Waals surface area contributed by atoms with Crippen molar-refractivity contribution in [3.8, 4) is 0 Å². The van der Waals surface area contributed by atoms with Crippen LogP contribution in [0, 0.1) is 11.6 Å². The standard InChI is InChI=1S/C14H9F2N3OS/c15-7-5-6-8(17)12(16)11(7)13(20)19-14-18-9-3-1-2-4-10(9)21-14/h1-6H,17H2,(H,18,19,20). The first-order valence-corrected chi connectivity index (χ1v) is 6.78. The Balaban J connectivity index is 1.95. The summed E-state index contributed by atoms with van der Waals surface area (Å²) in [5.41, 5.74) is 5.05. The SMILES string of the molecule is Nc1ccc(F)c(C(=O)Nc2nc3ccccc3s2)c1F. The van der Waals surface area contributed by atoms with Gasteiger partial charge >= 0.3 is 0 Å². The van der Waals surface area contributed by atoms with Gasteiger partial charge in [-0.05, 0) is 24.3 Å². The van der Waals surface area contributed by atoms with Crippen LogP contribution < -0.4 is 11.1 Å².